The normalized spacial score (nSPS) is 45.7. The number of aliphatic hydroxyl groups excluding tert-OH is 5. The highest BCUT2D eigenvalue weighted by Crippen LogP contribution is 2.35. The van der Waals surface area contributed by atoms with Gasteiger partial charge in [-0.15, -0.1) is 0 Å². The lowest BCUT2D eigenvalue weighted by molar-refractivity contribution is -0.290. The van der Waals surface area contributed by atoms with Crippen LogP contribution in [0.1, 0.15) is 25.7 Å². The van der Waals surface area contributed by atoms with Gasteiger partial charge in [0.1, 0.15) is 54.9 Å². The lowest BCUT2D eigenvalue weighted by Crippen LogP contribution is -2.71. The van der Waals surface area contributed by atoms with Gasteiger partial charge in [0.15, 0.2) is 24.5 Å². The van der Waals surface area contributed by atoms with E-state index in [1.54, 1.807) is 0 Å². The number of β-amino-alcohol motifs (C(OH)–C–C–N with tert-alkyl or cyclic N) is 1. The Labute approximate surface area is 295 Å². The Hall–Kier alpha value is -1.29. The maximum atomic E-state index is 13.0. The predicted molar refractivity (Wildman–Crippen MR) is 175 cm³/mol. The zero-order chi connectivity index (χ0) is 37.0. The van der Waals surface area contributed by atoms with E-state index >= 15 is 0 Å². The monoisotopic (exact) mass is 738 g/mol. The molecule has 0 aromatic carbocycles. The molecule has 296 valence electrons. The first kappa shape index (κ1) is 40.9. The van der Waals surface area contributed by atoms with Crippen LogP contribution >= 0.6 is 0 Å². The molecular weight excluding hydrogens is 680 g/mol. The maximum Gasteiger partial charge on any atom is 0.254 e. The number of carbonyl (C=O) groups excluding carboxylic acids is 1. The van der Waals surface area contributed by atoms with Gasteiger partial charge in [0.2, 0.25) is 0 Å². The van der Waals surface area contributed by atoms with Crippen molar-refractivity contribution in [1.82, 2.24) is 16.0 Å². The Kier molecular flexibility index (Phi) is 14.3. The molecule has 19 N–H and O–H groups in total. The van der Waals surface area contributed by atoms with Gasteiger partial charge in [0.25, 0.3) is 5.91 Å². The maximum absolute atomic E-state index is 13.0. The van der Waals surface area contributed by atoms with E-state index in [9.17, 15) is 35.4 Å². The number of amides is 1. The third-order valence-electron chi connectivity index (χ3n) is 10.3. The molecule has 4 saturated heterocycles. The molecule has 5 fully saturated rings. The molecule has 1 saturated carbocycles. The molecule has 17 atom stereocenters. The smallest absolute Gasteiger partial charge is 0.254 e. The second-order valence-corrected chi connectivity index (χ2v) is 14.2. The van der Waals surface area contributed by atoms with Gasteiger partial charge in [-0.25, -0.2) is 0 Å². The van der Waals surface area contributed by atoms with Gasteiger partial charge in [-0.2, -0.15) is 0 Å². The summed E-state index contributed by atoms with van der Waals surface area (Å²) in [4.78, 5) is 13.0. The van der Waals surface area contributed by atoms with Crippen molar-refractivity contribution in [2.75, 3.05) is 45.9 Å². The second-order valence-electron chi connectivity index (χ2n) is 14.2. The van der Waals surface area contributed by atoms with Crippen molar-refractivity contribution in [3.63, 3.8) is 0 Å². The third kappa shape index (κ3) is 9.16. The number of aliphatic hydroxyl groups is 6. The van der Waals surface area contributed by atoms with Gasteiger partial charge in [0, 0.05) is 32.2 Å². The van der Waals surface area contributed by atoms with Crippen molar-refractivity contribution >= 4 is 5.91 Å². The van der Waals surface area contributed by atoms with Gasteiger partial charge in [-0.3, -0.25) is 4.79 Å². The van der Waals surface area contributed by atoms with Gasteiger partial charge in [-0.05, 0) is 38.8 Å². The lowest BCUT2D eigenvalue weighted by atomic mass is 9.83. The van der Waals surface area contributed by atoms with E-state index in [1.807, 2.05) is 0 Å². The Morgan fingerprint density at radius 1 is 0.824 bits per heavy atom. The van der Waals surface area contributed by atoms with Gasteiger partial charge in [-0.1, -0.05) is 0 Å². The summed E-state index contributed by atoms with van der Waals surface area (Å²) in [6.45, 7) is 1.02. The van der Waals surface area contributed by atoms with E-state index in [2.05, 4.69) is 16.0 Å². The molecule has 51 heavy (non-hydrogen) atoms. The van der Waals surface area contributed by atoms with Crippen molar-refractivity contribution in [2.45, 2.75) is 135 Å². The van der Waals surface area contributed by atoms with Crippen molar-refractivity contribution in [1.29, 1.82) is 0 Å². The summed E-state index contributed by atoms with van der Waals surface area (Å²) >= 11 is 0. The van der Waals surface area contributed by atoms with E-state index in [0.29, 0.717) is 32.5 Å². The Balaban J connectivity index is 1.32. The first-order valence-corrected chi connectivity index (χ1v) is 17.7. The number of rotatable bonds is 15. The fourth-order valence-corrected chi connectivity index (χ4v) is 7.05. The van der Waals surface area contributed by atoms with Crippen LogP contribution in [0.15, 0.2) is 0 Å². The highest BCUT2D eigenvalue weighted by molar-refractivity contribution is 5.87. The number of hydrogen-bond donors (Lipinski definition) is 14. The SMILES string of the molecule is NCCCNC[C@@H]1CC[C@@H](N)[C@@H](O[C@H]2[C@H](O[C@@H]3O[C@H](CO)[C@@H](O[C@H]4O[C@@H](CN)[C@@H](O)[C@H](O)[C@H]4N)[C@H]3O)[C@@H](O)[C@H](NC(=O)C3(O)CNC3)C[C@@H]2N)O1. The molecule has 0 aromatic rings. The first-order chi connectivity index (χ1) is 24.3. The van der Waals surface area contributed by atoms with Crippen LogP contribution in [0.25, 0.3) is 0 Å². The topological polar surface area (TPSA) is 360 Å². The molecule has 0 aromatic heterocycles. The molecule has 4 heterocycles. The molecule has 0 bridgehead atoms. The van der Waals surface area contributed by atoms with Crippen LogP contribution in [-0.4, -0.2) is 192 Å². The fraction of sp³-hybridized carbons (Fsp3) is 0.967. The summed E-state index contributed by atoms with van der Waals surface area (Å²) in [7, 11) is 0. The summed E-state index contributed by atoms with van der Waals surface area (Å²) in [5.74, 6) is -0.712. The van der Waals surface area contributed by atoms with Crippen LogP contribution in [0.3, 0.4) is 0 Å². The lowest BCUT2D eigenvalue weighted by Gasteiger charge is -2.47. The molecule has 21 heteroatoms. The van der Waals surface area contributed by atoms with Crippen molar-refractivity contribution < 1.29 is 63.9 Å². The third-order valence-corrected chi connectivity index (χ3v) is 10.3. The van der Waals surface area contributed by atoms with Crippen LogP contribution < -0.4 is 44.6 Å². The molecule has 4 aliphatic heterocycles. The minimum Gasteiger partial charge on any atom is -0.394 e. The zero-order valence-electron chi connectivity index (χ0n) is 28.5. The Morgan fingerprint density at radius 2 is 1.51 bits per heavy atom. The Bertz CT molecular complexity index is 1120. The van der Waals surface area contributed by atoms with E-state index in [1.165, 1.54) is 0 Å². The highest BCUT2D eigenvalue weighted by Gasteiger charge is 2.55. The van der Waals surface area contributed by atoms with E-state index < -0.39 is 116 Å². The van der Waals surface area contributed by atoms with Crippen molar-refractivity contribution in [3.8, 4) is 0 Å². The van der Waals surface area contributed by atoms with E-state index in [4.69, 9.17) is 57.1 Å². The molecule has 5 rings (SSSR count). The summed E-state index contributed by atoms with van der Waals surface area (Å²) in [6, 6.07) is -3.71. The van der Waals surface area contributed by atoms with Crippen LogP contribution in [0.5, 0.6) is 0 Å². The standard InChI is InChI=1S/C30H58N8O13/c31-4-1-5-36-8-12-2-3-13(33)26(46-12)49-23-14(34)6-15(38-29(44)30(45)10-37-11-30)19(40)25(23)51-28-22(43)24(17(9-39)48-28)50-27-18(35)21(42)20(41)16(7-32)47-27/h12-28,36-37,39-43,45H,1-11,31-35H2,(H,38,44)/t12-,13+,14-,15+,16-,17+,18+,19-,20+,21+,22+,23+,24+,25+,26+,27+,28-/m0/s1. The predicted octanol–water partition coefficient (Wildman–Crippen LogP) is -8.37. The quantitative estimate of drug-likeness (QED) is 0.0693. The molecule has 0 radical (unpaired) electrons. The van der Waals surface area contributed by atoms with E-state index in [0.717, 1.165) is 6.42 Å². The molecular formula is C30H58N8O13. The number of carbonyl (C=O) groups is 1. The van der Waals surface area contributed by atoms with E-state index in [-0.39, 0.29) is 32.2 Å². The van der Waals surface area contributed by atoms with Gasteiger partial charge in [0.05, 0.1) is 30.8 Å². The minimum absolute atomic E-state index is 0.0133. The number of hydrogen-bond acceptors (Lipinski definition) is 20. The van der Waals surface area contributed by atoms with Gasteiger partial charge >= 0.3 is 0 Å². The van der Waals surface area contributed by atoms with Crippen LogP contribution in [0.2, 0.25) is 0 Å². The molecule has 0 unspecified atom stereocenters. The minimum atomic E-state index is -1.67. The molecule has 1 amide bonds. The summed E-state index contributed by atoms with van der Waals surface area (Å²) in [5.41, 5.74) is 28.7. The first-order valence-electron chi connectivity index (χ1n) is 17.7. The Morgan fingerprint density at radius 3 is 2.16 bits per heavy atom. The van der Waals surface area contributed by atoms with Crippen molar-refractivity contribution in [3.05, 3.63) is 0 Å². The summed E-state index contributed by atoms with van der Waals surface area (Å²) in [5, 5.41) is 73.3. The molecule has 0 spiro atoms. The fourth-order valence-electron chi connectivity index (χ4n) is 7.05. The molecule has 1 aliphatic carbocycles. The summed E-state index contributed by atoms with van der Waals surface area (Å²) < 4.78 is 36.2. The largest absolute Gasteiger partial charge is 0.394 e. The van der Waals surface area contributed by atoms with Crippen LogP contribution in [-0.2, 0) is 33.2 Å². The number of nitrogens with one attached hydrogen (secondary N) is 3. The molecule has 21 nitrogen and oxygen atoms in total. The average molecular weight is 739 g/mol. The number of ether oxygens (including phenoxy) is 6. The second kappa shape index (κ2) is 17.9. The summed E-state index contributed by atoms with van der Waals surface area (Å²) in [6.07, 6.45) is -14.1. The van der Waals surface area contributed by atoms with Crippen molar-refractivity contribution in [2.24, 2.45) is 28.7 Å². The average Bonchev–Trinajstić information content (AvgIpc) is 3.39. The van der Waals surface area contributed by atoms with Crippen LogP contribution in [0.4, 0.5) is 0 Å². The number of nitrogens with two attached hydrogens (primary N) is 5. The van der Waals surface area contributed by atoms with Gasteiger partial charge < -0.3 is 104 Å². The highest BCUT2D eigenvalue weighted by atomic mass is 16.8. The zero-order valence-corrected chi connectivity index (χ0v) is 28.5. The van der Waals surface area contributed by atoms with Crippen LogP contribution in [0, 0.1) is 0 Å². The molecule has 5 aliphatic rings.